The van der Waals surface area contributed by atoms with E-state index in [-0.39, 0.29) is 0 Å². The molecule has 2 heteroatoms. The van der Waals surface area contributed by atoms with Crippen LogP contribution in [0.2, 0.25) is 0 Å². The maximum atomic E-state index is 2.53. The van der Waals surface area contributed by atoms with Gasteiger partial charge in [-0.2, -0.15) is 0 Å². The molecule has 0 saturated carbocycles. The fraction of sp³-hybridized carbons (Fsp3) is 0.0256. The van der Waals surface area contributed by atoms with E-state index in [1.54, 1.807) is 0 Å². The SMILES string of the molecule is c1ccc(-n2c3ccccc3c3cc(-c4cc5c6c(n7c8ccccc8c(c4)c57)-c4ccccc4C6)ccc32)cc1. The van der Waals surface area contributed by atoms with E-state index < -0.39 is 0 Å². The average molecular weight is 521 g/mol. The van der Waals surface area contributed by atoms with Gasteiger partial charge < -0.3 is 8.97 Å². The van der Waals surface area contributed by atoms with E-state index in [0.29, 0.717) is 0 Å². The van der Waals surface area contributed by atoms with Crippen LogP contribution in [0.15, 0.2) is 133 Å². The molecule has 0 spiro atoms. The van der Waals surface area contributed by atoms with E-state index in [0.717, 1.165) is 6.42 Å². The number of aromatic nitrogens is 2. The number of nitrogens with zero attached hydrogens (tertiary/aromatic N) is 2. The molecule has 41 heavy (non-hydrogen) atoms. The third kappa shape index (κ3) is 2.72. The van der Waals surface area contributed by atoms with E-state index in [4.69, 9.17) is 0 Å². The largest absolute Gasteiger partial charge is 0.309 e. The summed E-state index contributed by atoms with van der Waals surface area (Å²) in [6.07, 6.45) is 0.990. The van der Waals surface area contributed by atoms with Gasteiger partial charge in [0.1, 0.15) is 0 Å². The number of rotatable bonds is 2. The topological polar surface area (TPSA) is 9.34 Å². The number of hydrogen-bond acceptors (Lipinski definition) is 0. The minimum atomic E-state index is 0.990. The summed E-state index contributed by atoms with van der Waals surface area (Å²) in [4.78, 5) is 0. The molecule has 0 amide bonds. The van der Waals surface area contributed by atoms with Crippen molar-refractivity contribution in [1.82, 2.24) is 8.97 Å². The summed E-state index contributed by atoms with van der Waals surface area (Å²) in [7, 11) is 0. The van der Waals surface area contributed by atoms with Crippen molar-refractivity contribution in [3.63, 3.8) is 0 Å². The summed E-state index contributed by atoms with van der Waals surface area (Å²) in [6, 6.07) is 49.2. The Balaban J connectivity index is 1.28. The Bertz CT molecular complexity index is 2490. The van der Waals surface area contributed by atoms with Crippen LogP contribution in [0.4, 0.5) is 0 Å². The lowest BCUT2D eigenvalue weighted by Gasteiger charge is -2.09. The van der Waals surface area contributed by atoms with Gasteiger partial charge in [-0.1, -0.05) is 84.9 Å². The first-order valence-corrected chi connectivity index (χ1v) is 14.3. The van der Waals surface area contributed by atoms with Crippen LogP contribution in [0.5, 0.6) is 0 Å². The van der Waals surface area contributed by atoms with Crippen molar-refractivity contribution < 1.29 is 0 Å². The fourth-order valence-corrected chi connectivity index (χ4v) is 7.55. The van der Waals surface area contributed by atoms with Crippen LogP contribution < -0.4 is 0 Å². The molecule has 0 atom stereocenters. The minimum Gasteiger partial charge on any atom is -0.309 e. The van der Waals surface area contributed by atoms with Gasteiger partial charge in [0, 0.05) is 44.6 Å². The number of hydrogen-bond donors (Lipinski definition) is 0. The van der Waals surface area contributed by atoms with Gasteiger partial charge in [-0.15, -0.1) is 0 Å². The molecule has 1 aliphatic carbocycles. The normalized spacial score (nSPS) is 12.8. The molecule has 190 valence electrons. The van der Waals surface area contributed by atoms with E-state index in [9.17, 15) is 0 Å². The van der Waals surface area contributed by atoms with Crippen molar-refractivity contribution in [3.8, 4) is 28.1 Å². The average Bonchev–Trinajstić information content (AvgIpc) is 3.75. The Morgan fingerprint density at radius 1 is 0.463 bits per heavy atom. The first kappa shape index (κ1) is 21.5. The van der Waals surface area contributed by atoms with E-state index in [2.05, 4.69) is 142 Å². The Hall–Kier alpha value is -5.34. The smallest absolute Gasteiger partial charge is 0.0617 e. The maximum absolute atomic E-state index is 2.53. The lowest BCUT2D eigenvalue weighted by atomic mass is 9.97. The van der Waals surface area contributed by atoms with Crippen molar-refractivity contribution in [2.75, 3.05) is 0 Å². The molecule has 0 fully saturated rings. The van der Waals surface area contributed by atoms with Crippen LogP contribution in [-0.2, 0) is 6.42 Å². The van der Waals surface area contributed by atoms with Gasteiger partial charge in [-0.05, 0) is 70.8 Å². The van der Waals surface area contributed by atoms with Gasteiger partial charge in [0.05, 0.1) is 27.8 Å². The molecule has 3 aromatic heterocycles. The van der Waals surface area contributed by atoms with Crippen LogP contribution >= 0.6 is 0 Å². The Labute approximate surface area is 236 Å². The summed E-state index contributed by atoms with van der Waals surface area (Å²) < 4.78 is 4.92. The number of fused-ring (bicyclic) bond motifs is 11. The zero-order chi connectivity index (χ0) is 26.7. The second-order valence-electron chi connectivity index (χ2n) is 11.4. The quantitative estimate of drug-likeness (QED) is 0.215. The molecule has 1 aliphatic rings. The lowest BCUT2D eigenvalue weighted by Crippen LogP contribution is -1.92. The van der Waals surface area contributed by atoms with Crippen molar-refractivity contribution in [1.29, 1.82) is 0 Å². The van der Waals surface area contributed by atoms with Gasteiger partial charge in [0.2, 0.25) is 0 Å². The highest BCUT2D eigenvalue weighted by Crippen LogP contribution is 2.48. The summed E-state index contributed by atoms with van der Waals surface area (Å²) in [5.74, 6) is 0. The standard InChI is InChI=1S/C39H24N2/c1-2-11-27(12-3-1)40-35-16-8-6-14-29(35)31-20-24(18-19-37(31)40)26-22-32-30-15-7-9-17-36(30)41-38-28-13-5-4-10-25(28)21-33(38)34(23-26)39(32)41/h1-20,22-23H,21H2. The van der Waals surface area contributed by atoms with Crippen molar-refractivity contribution in [2.24, 2.45) is 0 Å². The predicted molar refractivity (Wildman–Crippen MR) is 172 cm³/mol. The van der Waals surface area contributed by atoms with Gasteiger partial charge in [-0.3, -0.25) is 0 Å². The lowest BCUT2D eigenvalue weighted by molar-refractivity contribution is 1.18. The second kappa shape index (κ2) is 7.65. The van der Waals surface area contributed by atoms with Crippen molar-refractivity contribution in [3.05, 3.63) is 145 Å². The highest BCUT2D eigenvalue weighted by Gasteiger charge is 2.29. The molecular formula is C39H24N2. The van der Waals surface area contributed by atoms with Crippen molar-refractivity contribution >= 4 is 49.0 Å². The van der Waals surface area contributed by atoms with Crippen molar-refractivity contribution in [2.45, 2.75) is 6.42 Å². The van der Waals surface area contributed by atoms with E-state index >= 15 is 0 Å². The molecule has 0 saturated heterocycles. The Morgan fingerprint density at radius 3 is 2.00 bits per heavy atom. The molecule has 6 aromatic carbocycles. The van der Waals surface area contributed by atoms with Crippen LogP contribution in [-0.4, -0.2) is 8.97 Å². The molecule has 0 bridgehead atoms. The van der Waals surface area contributed by atoms with Gasteiger partial charge in [-0.25, -0.2) is 0 Å². The first-order valence-electron chi connectivity index (χ1n) is 14.3. The van der Waals surface area contributed by atoms with Gasteiger partial charge in [0.25, 0.3) is 0 Å². The van der Waals surface area contributed by atoms with E-state index in [1.807, 2.05) is 0 Å². The Morgan fingerprint density at radius 2 is 1.12 bits per heavy atom. The van der Waals surface area contributed by atoms with Crippen LogP contribution in [0.3, 0.4) is 0 Å². The molecule has 0 aliphatic heterocycles. The zero-order valence-corrected chi connectivity index (χ0v) is 22.3. The summed E-state index contributed by atoms with van der Waals surface area (Å²) >= 11 is 0. The summed E-state index contributed by atoms with van der Waals surface area (Å²) in [6.45, 7) is 0. The van der Waals surface area contributed by atoms with Gasteiger partial charge >= 0.3 is 0 Å². The summed E-state index contributed by atoms with van der Waals surface area (Å²) in [5, 5.41) is 6.61. The third-order valence-electron chi connectivity index (χ3n) is 9.26. The number of benzene rings is 6. The molecule has 2 nitrogen and oxygen atoms in total. The van der Waals surface area contributed by atoms with Crippen LogP contribution in [0.1, 0.15) is 11.1 Å². The third-order valence-corrected chi connectivity index (χ3v) is 9.26. The Kier molecular flexibility index (Phi) is 4.01. The molecule has 3 heterocycles. The highest BCUT2D eigenvalue weighted by molar-refractivity contribution is 6.20. The minimum absolute atomic E-state index is 0.990. The van der Waals surface area contributed by atoms with Crippen LogP contribution in [0.25, 0.3) is 77.1 Å². The fourth-order valence-electron chi connectivity index (χ4n) is 7.55. The zero-order valence-electron chi connectivity index (χ0n) is 22.3. The van der Waals surface area contributed by atoms with Gasteiger partial charge in [0.15, 0.2) is 0 Å². The van der Waals surface area contributed by atoms with E-state index in [1.165, 1.54) is 88.2 Å². The highest BCUT2D eigenvalue weighted by atomic mass is 15.0. The second-order valence-corrected chi connectivity index (χ2v) is 11.4. The molecule has 0 radical (unpaired) electrons. The molecule has 0 unspecified atom stereocenters. The molecule has 10 rings (SSSR count). The van der Waals surface area contributed by atoms with Crippen LogP contribution in [0, 0.1) is 0 Å². The first-order chi connectivity index (χ1) is 20.3. The molecule has 0 N–H and O–H groups in total. The monoisotopic (exact) mass is 520 g/mol. The molecule has 9 aromatic rings. The molecular weight excluding hydrogens is 496 g/mol. The predicted octanol–water partition coefficient (Wildman–Crippen LogP) is 10.0. The number of para-hydroxylation sites is 3. The summed E-state index contributed by atoms with van der Waals surface area (Å²) in [5.41, 5.74) is 14.5. The maximum Gasteiger partial charge on any atom is 0.0617 e.